The Kier molecular flexibility index (Phi) is 2.89. The van der Waals surface area contributed by atoms with E-state index in [9.17, 15) is 0 Å². The summed E-state index contributed by atoms with van der Waals surface area (Å²) in [5, 5.41) is 9.12. The molecule has 2 nitrogen and oxygen atoms in total. The Balaban J connectivity index is 2.45. The number of aromatic nitrogens is 2. The number of rotatable bonds is 1. The summed E-state index contributed by atoms with van der Waals surface area (Å²) in [6.45, 7) is 1.89. The van der Waals surface area contributed by atoms with Crippen LogP contribution in [0.2, 0.25) is 10.0 Å². The van der Waals surface area contributed by atoms with Gasteiger partial charge in [0.2, 0.25) is 0 Å². The topological polar surface area (TPSA) is 25.8 Å². The molecule has 2 rings (SSSR count). The zero-order valence-electron chi connectivity index (χ0n) is 8.04. The van der Waals surface area contributed by atoms with Crippen molar-refractivity contribution in [3.63, 3.8) is 0 Å². The molecule has 1 aromatic heterocycles. The molecule has 0 aliphatic heterocycles. The van der Waals surface area contributed by atoms with Crippen molar-refractivity contribution in [3.8, 4) is 11.3 Å². The molecule has 0 bridgehead atoms. The molecule has 0 saturated carbocycles. The third-order valence-corrected chi connectivity index (χ3v) is 2.75. The van der Waals surface area contributed by atoms with Gasteiger partial charge in [-0.1, -0.05) is 29.3 Å². The molecule has 0 saturated heterocycles. The van der Waals surface area contributed by atoms with Gasteiger partial charge in [0, 0.05) is 5.56 Å². The molecule has 0 radical (unpaired) electrons. The van der Waals surface area contributed by atoms with Gasteiger partial charge in [-0.25, -0.2) is 0 Å². The van der Waals surface area contributed by atoms with E-state index in [2.05, 4.69) is 10.2 Å². The van der Waals surface area contributed by atoms with Gasteiger partial charge in [0.1, 0.15) is 0 Å². The predicted molar refractivity (Wildman–Crippen MR) is 62.2 cm³/mol. The van der Waals surface area contributed by atoms with Crippen molar-refractivity contribution < 1.29 is 0 Å². The normalized spacial score (nSPS) is 10.3. The first-order valence-electron chi connectivity index (χ1n) is 4.42. The maximum Gasteiger partial charge on any atom is 0.0930 e. The summed E-state index contributed by atoms with van der Waals surface area (Å²) in [5.41, 5.74) is 2.59. The number of benzene rings is 1. The molecule has 1 aromatic carbocycles. The van der Waals surface area contributed by atoms with Gasteiger partial charge in [0.05, 0.1) is 21.4 Å². The summed E-state index contributed by atoms with van der Waals surface area (Å²) in [5.74, 6) is 0. The largest absolute Gasteiger partial charge is 0.155 e. The second kappa shape index (κ2) is 4.17. The molecule has 0 amide bonds. The van der Waals surface area contributed by atoms with Gasteiger partial charge < -0.3 is 0 Å². The van der Waals surface area contributed by atoms with E-state index in [1.807, 2.05) is 25.1 Å². The van der Waals surface area contributed by atoms with Crippen molar-refractivity contribution in [1.82, 2.24) is 10.2 Å². The zero-order chi connectivity index (χ0) is 10.8. The van der Waals surface area contributed by atoms with Crippen LogP contribution in [0.4, 0.5) is 0 Å². The summed E-state index contributed by atoms with van der Waals surface area (Å²) in [7, 11) is 0. The number of nitrogens with zero attached hydrogens (tertiary/aromatic N) is 2. The Hall–Kier alpha value is -1.12. The lowest BCUT2D eigenvalue weighted by Gasteiger charge is -2.01. The maximum absolute atomic E-state index is 5.91. The molecule has 0 aliphatic carbocycles. The van der Waals surface area contributed by atoms with Gasteiger partial charge in [-0.15, -0.1) is 0 Å². The highest BCUT2D eigenvalue weighted by molar-refractivity contribution is 6.42. The summed E-state index contributed by atoms with van der Waals surface area (Å²) >= 11 is 11.7. The third-order valence-electron chi connectivity index (χ3n) is 2.01. The van der Waals surface area contributed by atoms with Crippen LogP contribution in [-0.2, 0) is 0 Å². The second-order valence-electron chi connectivity index (χ2n) is 3.19. The fourth-order valence-electron chi connectivity index (χ4n) is 1.21. The van der Waals surface area contributed by atoms with Crippen LogP contribution in [0.5, 0.6) is 0 Å². The summed E-state index contributed by atoms with van der Waals surface area (Å²) < 4.78 is 0. The number of aryl methyl sites for hydroxylation is 1. The first-order valence-corrected chi connectivity index (χ1v) is 5.18. The van der Waals surface area contributed by atoms with Crippen LogP contribution in [0.3, 0.4) is 0 Å². The van der Waals surface area contributed by atoms with E-state index in [0.717, 1.165) is 17.0 Å². The monoisotopic (exact) mass is 238 g/mol. The van der Waals surface area contributed by atoms with Crippen LogP contribution in [0.1, 0.15) is 5.69 Å². The second-order valence-corrected chi connectivity index (χ2v) is 4.00. The molecule has 0 aliphatic rings. The summed E-state index contributed by atoms with van der Waals surface area (Å²) in [6.07, 6.45) is 0. The molecule has 0 N–H and O–H groups in total. The van der Waals surface area contributed by atoms with E-state index in [1.165, 1.54) is 0 Å². The lowest BCUT2D eigenvalue weighted by molar-refractivity contribution is 0.987. The number of halogens is 2. The molecular formula is C11H8Cl2N2. The average Bonchev–Trinajstić information content (AvgIpc) is 2.23. The van der Waals surface area contributed by atoms with E-state index in [4.69, 9.17) is 23.2 Å². The molecule has 0 fully saturated rings. The average molecular weight is 239 g/mol. The van der Waals surface area contributed by atoms with Gasteiger partial charge in [-0.3, -0.25) is 0 Å². The van der Waals surface area contributed by atoms with E-state index < -0.39 is 0 Å². The Labute approximate surface area is 97.9 Å². The first kappa shape index (κ1) is 10.4. The quantitative estimate of drug-likeness (QED) is 0.757. The van der Waals surface area contributed by atoms with E-state index >= 15 is 0 Å². The molecule has 0 spiro atoms. The van der Waals surface area contributed by atoms with Crippen LogP contribution in [-0.4, -0.2) is 10.2 Å². The van der Waals surface area contributed by atoms with Crippen LogP contribution in [0, 0.1) is 6.92 Å². The number of hydrogen-bond donors (Lipinski definition) is 0. The maximum atomic E-state index is 5.91. The lowest BCUT2D eigenvalue weighted by atomic mass is 10.1. The molecule has 15 heavy (non-hydrogen) atoms. The standard InChI is InChI=1S/C11H8Cl2N2/c1-7-2-5-11(15-14-7)8-3-4-9(12)10(13)6-8/h2-6H,1H3. The smallest absolute Gasteiger partial charge is 0.0930 e. The van der Waals surface area contributed by atoms with Crippen molar-refractivity contribution in [2.75, 3.05) is 0 Å². The molecular weight excluding hydrogens is 231 g/mol. The zero-order valence-corrected chi connectivity index (χ0v) is 9.55. The van der Waals surface area contributed by atoms with E-state index in [-0.39, 0.29) is 0 Å². The SMILES string of the molecule is Cc1ccc(-c2ccc(Cl)c(Cl)c2)nn1. The Morgan fingerprint density at radius 2 is 1.73 bits per heavy atom. The van der Waals surface area contributed by atoms with Crippen LogP contribution < -0.4 is 0 Å². The van der Waals surface area contributed by atoms with Gasteiger partial charge in [-0.05, 0) is 31.2 Å². The van der Waals surface area contributed by atoms with E-state index in [0.29, 0.717) is 10.0 Å². The molecule has 76 valence electrons. The molecule has 2 aromatic rings. The van der Waals surface area contributed by atoms with Gasteiger partial charge in [0.25, 0.3) is 0 Å². The Morgan fingerprint density at radius 3 is 2.33 bits per heavy atom. The summed E-state index contributed by atoms with van der Waals surface area (Å²) in [6, 6.07) is 9.21. The minimum Gasteiger partial charge on any atom is -0.155 e. The molecule has 0 atom stereocenters. The van der Waals surface area contributed by atoms with Gasteiger partial charge in [-0.2, -0.15) is 10.2 Å². The van der Waals surface area contributed by atoms with Crippen LogP contribution in [0.25, 0.3) is 11.3 Å². The summed E-state index contributed by atoms with van der Waals surface area (Å²) in [4.78, 5) is 0. The van der Waals surface area contributed by atoms with Crippen molar-refractivity contribution in [1.29, 1.82) is 0 Å². The lowest BCUT2D eigenvalue weighted by Crippen LogP contribution is -1.89. The predicted octanol–water partition coefficient (Wildman–Crippen LogP) is 3.76. The number of hydrogen-bond acceptors (Lipinski definition) is 2. The minimum absolute atomic E-state index is 0.525. The highest BCUT2D eigenvalue weighted by atomic mass is 35.5. The Morgan fingerprint density at radius 1 is 0.933 bits per heavy atom. The first-order chi connectivity index (χ1) is 7.16. The fraction of sp³-hybridized carbons (Fsp3) is 0.0909. The Bertz CT molecular complexity index is 480. The fourth-order valence-corrected chi connectivity index (χ4v) is 1.51. The molecule has 4 heteroatoms. The minimum atomic E-state index is 0.525. The van der Waals surface area contributed by atoms with Gasteiger partial charge in [0.15, 0.2) is 0 Å². The highest BCUT2D eigenvalue weighted by Gasteiger charge is 2.03. The third kappa shape index (κ3) is 2.28. The van der Waals surface area contributed by atoms with Crippen LogP contribution in [0.15, 0.2) is 30.3 Å². The molecule has 0 unspecified atom stereocenters. The van der Waals surface area contributed by atoms with Crippen molar-refractivity contribution in [2.45, 2.75) is 6.92 Å². The van der Waals surface area contributed by atoms with Crippen molar-refractivity contribution in [3.05, 3.63) is 46.1 Å². The molecule has 1 heterocycles. The van der Waals surface area contributed by atoms with Gasteiger partial charge >= 0.3 is 0 Å². The van der Waals surface area contributed by atoms with Crippen molar-refractivity contribution in [2.24, 2.45) is 0 Å². The van der Waals surface area contributed by atoms with E-state index in [1.54, 1.807) is 12.1 Å². The van der Waals surface area contributed by atoms with Crippen molar-refractivity contribution >= 4 is 23.2 Å². The highest BCUT2D eigenvalue weighted by Crippen LogP contribution is 2.27. The van der Waals surface area contributed by atoms with Crippen LogP contribution >= 0.6 is 23.2 Å².